The zero-order valence-electron chi connectivity index (χ0n) is 14.0. The quantitative estimate of drug-likeness (QED) is 0.723. The largest absolute Gasteiger partial charge is 0.496 e. The van der Waals surface area contributed by atoms with Gasteiger partial charge in [0.25, 0.3) is 5.91 Å². The Hall–Kier alpha value is -3.12. The molecule has 0 aliphatic heterocycles. The van der Waals surface area contributed by atoms with Crippen LogP contribution in [0.15, 0.2) is 61.1 Å². The summed E-state index contributed by atoms with van der Waals surface area (Å²) in [6, 6.07) is 15.0. The minimum atomic E-state index is -0.162. The summed E-state index contributed by atoms with van der Waals surface area (Å²) in [7, 11) is 1.62. The second kappa shape index (κ2) is 7.63. The van der Waals surface area contributed by atoms with Crippen molar-refractivity contribution in [3.63, 3.8) is 0 Å². The Morgan fingerprint density at radius 1 is 1.20 bits per heavy atom. The number of hydrogen-bond donors (Lipinski definition) is 2. The first-order valence-corrected chi connectivity index (χ1v) is 7.95. The number of para-hydroxylation sites is 2. The van der Waals surface area contributed by atoms with Gasteiger partial charge in [0.15, 0.2) is 0 Å². The number of carbonyl (C=O) groups excluding carboxylic acids is 1. The Morgan fingerprint density at radius 2 is 1.96 bits per heavy atom. The van der Waals surface area contributed by atoms with E-state index in [1.165, 1.54) is 0 Å². The van der Waals surface area contributed by atoms with Gasteiger partial charge in [-0.3, -0.25) is 4.79 Å². The molecule has 6 nitrogen and oxygen atoms in total. The fraction of sp³-hybridized carbons (Fsp3) is 0.158. The normalized spacial score (nSPS) is 10.5. The summed E-state index contributed by atoms with van der Waals surface area (Å²) in [6.07, 6.45) is 3.49. The van der Waals surface area contributed by atoms with E-state index in [4.69, 9.17) is 10.5 Å². The van der Waals surface area contributed by atoms with Crippen LogP contribution in [0.3, 0.4) is 0 Å². The molecule has 0 saturated carbocycles. The number of amides is 1. The molecule has 1 amide bonds. The van der Waals surface area contributed by atoms with E-state index in [1.807, 2.05) is 48.7 Å². The Labute approximate surface area is 146 Å². The third-order valence-electron chi connectivity index (χ3n) is 3.90. The molecule has 0 atom stereocenters. The van der Waals surface area contributed by atoms with Crippen molar-refractivity contribution in [3.8, 4) is 11.4 Å². The highest BCUT2D eigenvalue weighted by Crippen LogP contribution is 2.18. The van der Waals surface area contributed by atoms with Crippen LogP contribution in [-0.2, 0) is 13.1 Å². The van der Waals surface area contributed by atoms with E-state index in [9.17, 15) is 4.79 Å². The van der Waals surface area contributed by atoms with Crippen LogP contribution in [0.1, 0.15) is 21.6 Å². The molecule has 3 rings (SSSR count). The first-order valence-electron chi connectivity index (χ1n) is 7.95. The van der Waals surface area contributed by atoms with Crippen LogP contribution in [0.4, 0.5) is 0 Å². The van der Waals surface area contributed by atoms with Crippen molar-refractivity contribution in [2.75, 3.05) is 7.11 Å². The number of methoxy groups -OCH3 is 1. The van der Waals surface area contributed by atoms with Crippen molar-refractivity contribution < 1.29 is 9.53 Å². The van der Waals surface area contributed by atoms with Crippen molar-refractivity contribution in [1.82, 2.24) is 14.9 Å². The molecule has 2 aromatic carbocycles. The number of nitrogens with two attached hydrogens (primary N) is 1. The first-order chi connectivity index (χ1) is 12.2. The van der Waals surface area contributed by atoms with Crippen LogP contribution in [0.2, 0.25) is 0 Å². The molecule has 25 heavy (non-hydrogen) atoms. The molecule has 0 unspecified atom stereocenters. The number of carbonyl (C=O) groups is 1. The van der Waals surface area contributed by atoms with Crippen LogP contribution in [0, 0.1) is 0 Å². The molecule has 6 heteroatoms. The van der Waals surface area contributed by atoms with Gasteiger partial charge in [-0.15, -0.1) is 0 Å². The summed E-state index contributed by atoms with van der Waals surface area (Å²) in [6.45, 7) is 0.740. The van der Waals surface area contributed by atoms with E-state index in [2.05, 4.69) is 10.3 Å². The monoisotopic (exact) mass is 336 g/mol. The third-order valence-corrected chi connectivity index (χ3v) is 3.90. The molecule has 128 valence electrons. The summed E-state index contributed by atoms with van der Waals surface area (Å²) in [4.78, 5) is 16.9. The topological polar surface area (TPSA) is 82.2 Å². The maximum atomic E-state index is 12.7. The molecule has 3 aromatic rings. The highest BCUT2D eigenvalue weighted by molar-refractivity contribution is 5.97. The Kier molecular flexibility index (Phi) is 5.11. The first kappa shape index (κ1) is 16.7. The van der Waals surface area contributed by atoms with Gasteiger partial charge in [0.1, 0.15) is 5.75 Å². The second-order valence-electron chi connectivity index (χ2n) is 5.49. The molecule has 0 saturated heterocycles. The Morgan fingerprint density at radius 3 is 2.72 bits per heavy atom. The number of nitrogens with one attached hydrogen (secondary N) is 1. The van der Waals surface area contributed by atoms with Gasteiger partial charge < -0.3 is 20.4 Å². The van der Waals surface area contributed by atoms with Crippen LogP contribution in [0.25, 0.3) is 5.69 Å². The van der Waals surface area contributed by atoms with Gasteiger partial charge in [-0.05, 0) is 18.2 Å². The van der Waals surface area contributed by atoms with E-state index in [-0.39, 0.29) is 5.91 Å². The molecule has 0 aliphatic rings. The standard InChI is InChI=1S/C19H20N4O2/c1-25-18-9-5-2-6-14(18)11-21-19(24)16-7-3-4-8-17(16)23-12-15(10-20)22-13-23/h2-9,12-13H,10-11,20H2,1H3,(H,21,24). The summed E-state index contributed by atoms with van der Waals surface area (Å²) in [5.74, 6) is 0.586. The minimum absolute atomic E-state index is 0.162. The molecule has 1 aromatic heterocycles. The number of nitrogens with zero attached hydrogens (tertiary/aromatic N) is 2. The van der Waals surface area contributed by atoms with Crippen LogP contribution in [-0.4, -0.2) is 22.6 Å². The summed E-state index contributed by atoms with van der Waals surface area (Å²) >= 11 is 0. The van der Waals surface area contributed by atoms with Gasteiger partial charge in [0, 0.05) is 24.8 Å². The van der Waals surface area contributed by atoms with Crippen molar-refractivity contribution >= 4 is 5.91 Å². The van der Waals surface area contributed by atoms with Crippen molar-refractivity contribution in [2.24, 2.45) is 5.73 Å². The zero-order valence-corrected chi connectivity index (χ0v) is 14.0. The van der Waals surface area contributed by atoms with Gasteiger partial charge >= 0.3 is 0 Å². The number of aromatic nitrogens is 2. The van der Waals surface area contributed by atoms with Gasteiger partial charge in [0.05, 0.1) is 30.4 Å². The lowest BCUT2D eigenvalue weighted by Crippen LogP contribution is -2.24. The van der Waals surface area contributed by atoms with E-state index >= 15 is 0 Å². The van der Waals surface area contributed by atoms with Crippen molar-refractivity contribution in [2.45, 2.75) is 13.1 Å². The molecule has 0 aliphatic carbocycles. The van der Waals surface area contributed by atoms with Gasteiger partial charge in [-0.25, -0.2) is 4.98 Å². The van der Waals surface area contributed by atoms with Crippen molar-refractivity contribution in [1.29, 1.82) is 0 Å². The SMILES string of the molecule is COc1ccccc1CNC(=O)c1ccccc1-n1cnc(CN)c1. The third kappa shape index (κ3) is 3.70. The molecule has 0 bridgehead atoms. The lowest BCUT2D eigenvalue weighted by Gasteiger charge is -2.12. The average Bonchev–Trinajstić information content (AvgIpc) is 3.15. The summed E-state index contributed by atoms with van der Waals surface area (Å²) < 4.78 is 7.12. The second-order valence-corrected chi connectivity index (χ2v) is 5.49. The minimum Gasteiger partial charge on any atom is -0.496 e. The highest BCUT2D eigenvalue weighted by Gasteiger charge is 2.13. The van der Waals surface area contributed by atoms with Gasteiger partial charge in [-0.2, -0.15) is 0 Å². The number of ether oxygens (including phenoxy) is 1. The van der Waals surface area contributed by atoms with Gasteiger partial charge in [0.2, 0.25) is 0 Å². The number of rotatable bonds is 6. The smallest absolute Gasteiger partial charge is 0.253 e. The molecular weight excluding hydrogens is 316 g/mol. The highest BCUT2D eigenvalue weighted by atomic mass is 16.5. The van der Waals surface area contributed by atoms with Gasteiger partial charge in [-0.1, -0.05) is 30.3 Å². The maximum Gasteiger partial charge on any atom is 0.253 e. The molecule has 3 N–H and O–H groups in total. The van der Waals surface area contributed by atoms with E-state index in [0.717, 1.165) is 22.7 Å². The number of imidazole rings is 1. The predicted molar refractivity (Wildman–Crippen MR) is 95.6 cm³/mol. The summed E-state index contributed by atoms with van der Waals surface area (Å²) in [5, 5.41) is 2.94. The number of hydrogen-bond acceptors (Lipinski definition) is 4. The van der Waals surface area contributed by atoms with Crippen molar-refractivity contribution in [3.05, 3.63) is 77.9 Å². The van der Waals surface area contributed by atoms with E-state index in [0.29, 0.717) is 18.7 Å². The lowest BCUT2D eigenvalue weighted by atomic mass is 10.1. The van der Waals surface area contributed by atoms with E-state index in [1.54, 1.807) is 24.1 Å². The van der Waals surface area contributed by atoms with Crippen LogP contribution in [0.5, 0.6) is 5.75 Å². The Bertz CT molecular complexity index is 873. The molecule has 0 radical (unpaired) electrons. The predicted octanol–water partition coefficient (Wildman–Crippen LogP) is 2.27. The zero-order chi connectivity index (χ0) is 17.6. The molecule has 0 fully saturated rings. The maximum absolute atomic E-state index is 12.7. The van der Waals surface area contributed by atoms with E-state index < -0.39 is 0 Å². The lowest BCUT2D eigenvalue weighted by molar-refractivity contribution is 0.0950. The van der Waals surface area contributed by atoms with Crippen LogP contribution >= 0.6 is 0 Å². The average molecular weight is 336 g/mol. The fourth-order valence-electron chi connectivity index (χ4n) is 2.61. The number of benzene rings is 2. The molecule has 1 heterocycles. The molecular formula is C19H20N4O2. The Balaban J connectivity index is 1.81. The molecule has 0 spiro atoms. The summed E-state index contributed by atoms with van der Waals surface area (Å²) in [5.41, 5.74) is 8.62. The fourth-order valence-corrected chi connectivity index (χ4v) is 2.61. The van der Waals surface area contributed by atoms with Crippen LogP contribution < -0.4 is 15.8 Å².